The van der Waals surface area contributed by atoms with E-state index < -0.39 is 0 Å². The first kappa shape index (κ1) is 15.0. The minimum absolute atomic E-state index is 0.557. The van der Waals surface area contributed by atoms with Crippen LogP contribution < -0.4 is 5.32 Å². The zero-order chi connectivity index (χ0) is 13.1. The molecule has 0 radical (unpaired) electrons. The summed E-state index contributed by atoms with van der Waals surface area (Å²) in [6.45, 7) is 15.5. The van der Waals surface area contributed by atoms with Crippen molar-refractivity contribution in [3.8, 4) is 0 Å². The third kappa shape index (κ3) is 4.99. The Morgan fingerprint density at radius 3 is 2.18 bits per heavy atom. The minimum atomic E-state index is 0.557. The van der Waals surface area contributed by atoms with Crippen LogP contribution in [0.1, 0.15) is 67.2 Å². The van der Waals surface area contributed by atoms with Gasteiger partial charge in [-0.15, -0.1) is 0 Å². The molecule has 1 rings (SSSR count). The van der Waals surface area contributed by atoms with Gasteiger partial charge in [-0.05, 0) is 49.0 Å². The number of hydrogen-bond donors (Lipinski definition) is 1. The first-order valence-electron chi connectivity index (χ1n) is 7.55. The van der Waals surface area contributed by atoms with E-state index in [-0.39, 0.29) is 0 Å². The Bertz CT molecular complexity index is 210. The lowest BCUT2D eigenvalue weighted by molar-refractivity contribution is 0.181. The molecule has 0 heterocycles. The van der Waals surface area contributed by atoms with Crippen molar-refractivity contribution >= 4 is 0 Å². The van der Waals surface area contributed by atoms with E-state index in [4.69, 9.17) is 0 Å². The van der Waals surface area contributed by atoms with Crippen molar-refractivity contribution in [2.75, 3.05) is 6.54 Å². The lowest BCUT2D eigenvalue weighted by atomic mass is 9.75. The molecule has 0 aromatic rings. The maximum Gasteiger partial charge on any atom is 0.00722 e. The van der Waals surface area contributed by atoms with Gasteiger partial charge in [0.2, 0.25) is 0 Å². The highest BCUT2D eigenvalue weighted by Gasteiger charge is 2.28. The van der Waals surface area contributed by atoms with Crippen LogP contribution in [0, 0.1) is 23.2 Å². The third-order valence-corrected chi connectivity index (χ3v) is 4.56. The summed E-state index contributed by atoms with van der Waals surface area (Å²) in [5, 5.41) is 3.84. The average Bonchev–Trinajstić information content (AvgIpc) is 2.15. The Labute approximate surface area is 109 Å². The molecule has 17 heavy (non-hydrogen) atoms. The summed E-state index contributed by atoms with van der Waals surface area (Å²) in [5.41, 5.74) is 0.557. The Kier molecular flexibility index (Phi) is 5.50. The lowest BCUT2D eigenvalue weighted by Crippen LogP contribution is -2.41. The molecule has 1 unspecified atom stereocenters. The molecular weight excluding hydrogens is 206 g/mol. The summed E-state index contributed by atoms with van der Waals surface area (Å²) < 4.78 is 0. The van der Waals surface area contributed by atoms with Crippen molar-refractivity contribution in [1.82, 2.24) is 5.32 Å². The summed E-state index contributed by atoms with van der Waals surface area (Å²) in [6, 6.07) is 0.763. The van der Waals surface area contributed by atoms with E-state index in [2.05, 4.69) is 46.9 Å². The average molecular weight is 239 g/mol. The molecule has 0 aromatic carbocycles. The van der Waals surface area contributed by atoms with Crippen molar-refractivity contribution in [3.63, 3.8) is 0 Å². The van der Waals surface area contributed by atoms with Gasteiger partial charge in [0.05, 0.1) is 0 Å². The first-order chi connectivity index (χ1) is 7.82. The maximum atomic E-state index is 3.84. The van der Waals surface area contributed by atoms with E-state index in [0.29, 0.717) is 5.41 Å². The molecule has 1 aliphatic carbocycles. The van der Waals surface area contributed by atoms with Gasteiger partial charge in [0.1, 0.15) is 0 Å². The predicted octanol–water partition coefficient (Wildman–Crippen LogP) is 4.47. The molecule has 0 aromatic heterocycles. The molecule has 0 spiro atoms. The second-order valence-corrected chi connectivity index (χ2v) is 7.52. The smallest absolute Gasteiger partial charge is 0.00722 e. The van der Waals surface area contributed by atoms with Gasteiger partial charge in [0.15, 0.2) is 0 Å². The summed E-state index contributed by atoms with van der Waals surface area (Å²) >= 11 is 0. The van der Waals surface area contributed by atoms with Crippen LogP contribution in [-0.2, 0) is 0 Å². The molecule has 0 amide bonds. The molecule has 0 aliphatic heterocycles. The molecule has 0 saturated heterocycles. The third-order valence-electron chi connectivity index (χ3n) is 4.56. The highest BCUT2D eigenvalue weighted by atomic mass is 14.9. The van der Waals surface area contributed by atoms with Gasteiger partial charge >= 0.3 is 0 Å². The summed E-state index contributed by atoms with van der Waals surface area (Å²) in [6.07, 6.45) is 5.55. The Hall–Kier alpha value is -0.0400. The van der Waals surface area contributed by atoms with Gasteiger partial charge < -0.3 is 5.32 Å². The highest BCUT2D eigenvalue weighted by Crippen LogP contribution is 2.35. The maximum absolute atomic E-state index is 3.84. The van der Waals surface area contributed by atoms with Crippen LogP contribution in [0.5, 0.6) is 0 Å². The van der Waals surface area contributed by atoms with Crippen LogP contribution in [0.15, 0.2) is 0 Å². The molecular formula is C16H33N. The van der Waals surface area contributed by atoms with Crippen LogP contribution in [0.25, 0.3) is 0 Å². The van der Waals surface area contributed by atoms with Crippen molar-refractivity contribution in [2.45, 2.75) is 73.3 Å². The topological polar surface area (TPSA) is 12.0 Å². The molecule has 1 heteroatoms. The predicted molar refractivity (Wildman–Crippen MR) is 77.2 cm³/mol. The minimum Gasteiger partial charge on any atom is -0.314 e. The number of rotatable bonds is 5. The summed E-state index contributed by atoms with van der Waals surface area (Å²) in [4.78, 5) is 0. The van der Waals surface area contributed by atoms with Crippen LogP contribution >= 0.6 is 0 Å². The lowest BCUT2D eigenvalue weighted by Gasteiger charge is -2.37. The molecule has 1 fully saturated rings. The normalized spacial score (nSPS) is 24.9. The number of nitrogens with one attached hydrogen (secondary N) is 1. The van der Waals surface area contributed by atoms with Gasteiger partial charge in [0, 0.05) is 6.04 Å². The van der Waals surface area contributed by atoms with Gasteiger partial charge in [-0.1, -0.05) is 48.0 Å². The Morgan fingerprint density at radius 2 is 1.71 bits per heavy atom. The van der Waals surface area contributed by atoms with Gasteiger partial charge in [0.25, 0.3) is 0 Å². The summed E-state index contributed by atoms with van der Waals surface area (Å²) in [5.74, 6) is 2.40. The quantitative estimate of drug-likeness (QED) is 0.746. The largest absolute Gasteiger partial charge is 0.314 e. The van der Waals surface area contributed by atoms with E-state index >= 15 is 0 Å². The van der Waals surface area contributed by atoms with Crippen molar-refractivity contribution in [3.05, 3.63) is 0 Å². The summed E-state index contributed by atoms with van der Waals surface area (Å²) in [7, 11) is 0. The van der Waals surface area contributed by atoms with Crippen molar-refractivity contribution in [2.24, 2.45) is 23.2 Å². The molecule has 1 nitrogen and oxygen atoms in total. The standard InChI is InChI=1S/C16H33N/c1-12(2)15(13(3)4)11-17-14-8-7-9-16(5,6)10-14/h12-15,17H,7-11H2,1-6H3. The monoisotopic (exact) mass is 239 g/mol. The van der Waals surface area contributed by atoms with Crippen LogP contribution in [0.4, 0.5) is 0 Å². The van der Waals surface area contributed by atoms with E-state index in [1.54, 1.807) is 0 Å². The second kappa shape index (κ2) is 6.22. The zero-order valence-electron chi connectivity index (χ0n) is 12.8. The van der Waals surface area contributed by atoms with E-state index in [9.17, 15) is 0 Å². The molecule has 1 saturated carbocycles. The molecule has 1 atom stereocenters. The van der Waals surface area contributed by atoms with Crippen LogP contribution in [-0.4, -0.2) is 12.6 Å². The van der Waals surface area contributed by atoms with E-state index in [0.717, 1.165) is 23.8 Å². The van der Waals surface area contributed by atoms with Crippen LogP contribution in [0.2, 0.25) is 0 Å². The Morgan fingerprint density at radius 1 is 1.12 bits per heavy atom. The molecule has 0 bridgehead atoms. The second-order valence-electron chi connectivity index (χ2n) is 7.52. The first-order valence-corrected chi connectivity index (χ1v) is 7.55. The molecule has 1 aliphatic rings. The van der Waals surface area contributed by atoms with Crippen molar-refractivity contribution in [1.29, 1.82) is 0 Å². The number of hydrogen-bond acceptors (Lipinski definition) is 1. The van der Waals surface area contributed by atoms with E-state index in [1.807, 2.05) is 0 Å². The SMILES string of the molecule is CC(C)C(CNC1CCCC(C)(C)C1)C(C)C. The van der Waals surface area contributed by atoms with Crippen LogP contribution in [0.3, 0.4) is 0 Å². The Balaban J connectivity index is 2.38. The fourth-order valence-electron chi connectivity index (χ4n) is 3.42. The fourth-order valence-corrected chi connectivity index (χ4v) is 3.42. The van der Waals surface area contributed by atoms with Gasteiger partial charge in [-0.3, -0.25) is 0 Å². The van der Waals surface area contributed by atoms with Crippen molar-refractivity contribution < 1.29 is 0 Å². The van der Waals surface area contributed by atoms with Gasteiger partial charge in [-0.2, -0.15) is 0 Å². The fraction of sp³-hybridized carbons (Fsp3) is 1.00. The van der Waals surface area contributed by atoms with E-state index in [1.165, 1.54) is 32.2 Å². The zero-order valence-corrected chi connectivity index (χ0v) is 12.8. The molecule has 102 valence electrons. The molecule has 1 N–H and O–H groups in total. The van der Waals surface area contributed by atoms with Gasteiger partial charge in [-0.25, -0.2) is 0 Å². The highest BCUT2D eigenvalue weighted by molar-refractivity contribution is 4.84.